The van der Waals surface area contributed by atoms with Gasteiger partial charge in [0.15, 0.2) is 6.10 Å². The number of carbonyl (C=O) groups is 3. The number of carbonyl (C=O) groups excluding carboxylic acids is 3. The van der Waals surface area contributed by atoms with Crippen LogP contribution < -0.4 is 0 Å². The number of phosphoric acid groups is 1. The van der Waals surface area contributed by atoms with E-state index in [9.17, 15) is 39.2 Å². The molecule has 0 aromatic rings. The van der Waals surface area contributed by atoms with E-state index in [1.807, 2.05) is 21.1 Å². The molecular formula is C52H99NO12P+. The molecule has 1 unspecified atom stereocenters. The Morgan fingerprint density at radius 1 is 0.636 bits per heavy atom. The van der Waals surface area contributed by atoms with Gasteiger partial charge in [-0.15, -0.1) is 0 Å². The van der Waals surface area contributed by atoms with Crippen LogP contribution >= 0.6 is 7.82 Å². The molecule has 4 N–H and O–H groups in total. The van der Waals surface area contributed by atoms with Crippen LogP contribution in [-0.4, -0.2) is 114 Å². The first kappa shape index (κ1) is 62.3. The maximum absolute atomic E-state index is 12.9. The van der Waals surface area contributed by atoms with E-state index in [4.69, 9.17) is 18.5 Å². The summed E-state index contributed by atoms with van der Waals surface area (Å²) in [5.41, 5.74) is 0. The fourth-order valence-corrected chi connectivity index (χ4v) is 9.28. The minimum atomic E-state index is -4.47. The topological polar surface area (TPSA) is 186 Å². The summed E-state index contributed by atoms with van der Waals surface area (Å²) in [7, 11) is 1.29. The van der Waals surface area contributed by atoms with Crippen molar-refractivity contribution in [1.29, 1.82) is 0 Å². The quantitative estimate of drug-likeness (QED) is 0.0149. The highest BCUT2D eigenvalue weighted by atomic mass is 31.2. The fraction of sp³-hybridized carbons (Fsp3) is 0.904. The maximum Gasteiger partial charge on any atom is 0.472 e. The Balaban J connectivity index is 2.39. The molecule has 14 heteroatoms. The van der Waals surface area contributed by atoms with E-state index in [0.29, 0.717) is 36.7 Å². The molecule has 1 fully saturated rings. The van der Waals surface area contributed by atoms with Gasteiger partial charge in [-0.3, -0.25) is 23.4 Å². The summed E-state index contributed by atoms with van der Waals surface area (Å²) in [6.45, 7) is 3.93. The van der Waals surface area contributed by atoms with E-state index in [1.165, 1.54) is 109 Å². The number of hydrogen-bond acceptors (Lipinski definition) is 11. The van der Waals surface area contributed by atoms with Gasteiger partial charge in [0.25, 0.3) is 0 Å². The Morgan fingerprint density at radius 2 is 1.11 bits per heavy atom. The lowest BCUT2D eigenvalue weighted by Gasteiger charge is -2.24. The molecule has 0 bridgehead atoms. The van der Waals surface area contributed by atoms with Gasteiger partial charge in [-0.05, 0) is 25.7 Å². The predicted molar refractivity (Wildman–Crippen MR) is 264 cm³/mol. The molecule has 1 aliphatic rings. The Hall–Kier alpha value is -1.70. The lowest BCUT2D eigenvalue weighted by molar-refractivity contribution is -0.870. The summed E-state index contributed by atoms with van der Waals surface area (Å²) in [5.74, 6) is -2.04. The number of quaternary nitrogens is 1. The zero-order chi connectivity index (χ0) is 48.9. The van der Waals surface area contributed by atoms with Gasteiger partial charge in [0, 0.05) is 43.9 Å². The zero-order valence-electron chi connectivity index (χ0n) is 42.5. The first-order chi connectivity index (χ1) is 31.6. The summed E-state index contributed by atoms with van der Waals surface area (Å²) >= 11 is 0. The second kappa shape index (κ2) is 39.1. The first-order valence-electron chi connectivity index (χ1n) is 26.6. The van der Waals surface area contributed by atoms with Gasteiger partial charge < -0.3 is 34.2 Å². The van der Waals surface area contributed by atoms with Crippen molar-refractivity contribution in [3.05, 3.63) is 12.2 Å². The monoisotopic (exact) mass is 961 g/mol. The van der Waals surface area contributed by atoms with Crippen molar-refractivity contribution in [2.45, 2.75) is 244 Å². The number of phosphoric ester groups is 1. The number of aliphatic hydroxyl groups excluding tert-OH is 3. The highest BCUT2D eigenvalue weighted by Gasteiger charge is 2.41. The molecule has 0 aromatic heterocycles. The van der Waals surface area contributed by atoms with E-state index in [-0.39, 0.29) is 51.1 Å². The molecule has 388 valence electrons. The van der Waals surface area contributed by atoms with Crippen molar-refractivity contribution in [1.82, 2.24) is 0 Å². The third kappa shape index (κ3) is 35.4. The van der Waals surface area contributed by atoms with Crippen molar-refractivity contribution in [3.8, 4) is 0 Å². The Bertz CT molecular complexity index is 1310. The number of Topliss-reactive ketones (excluding diaryl/α,β-unsaturated/α-hetero) is 1. The van der Waals surface area contributed by atoms with Crippen LogP contribution in [0.15, 0.2) is 12.2 Å². The van der Waals surface area contributed by atoms with Crippen LogP contribution in [0.1, 0.15) is 219 Å². The minimum absolute atomic E-state index is 0.00690. The van der Waals surface area contributed by atoms with Gasteiger partial charge >= 0.3 is 19.8 Å². The number of hydrogen-bond donors (Lipinski definition) is 4. The summed E-state index contributed by atoms with van der Waals surface area (Å²) in [6, 6.07) is 0. The lowest BCUT2D eigenvalue weighted by Crippen LogP contribution is -2.37. The molecule has 1 rings (SSSR count). The number of aliphatic hydroxyl groups is 3. The summed E-state index contributed by atoms with van der Waals surface area (Å²) in [4.78, 5) is 48.7. The van der Waals surface area contributed by atoms with Crippen LogP contribution in [0.25, 0.3) is 0 Å². The maximum atomic E-state index is 12.9. The van der Waals surface area contributed by atoms with E-state index >= 15 is 0 Å². The van der Waals surface area contributed by atoms with Gasteiger partial charge in [0.05, 0.1) is 46.1 Å². The number of unbranched alkanes of at least 4 members (excludes halogenated alkanes) is 23. The normalized spacial score (nSPS) is 19.5. The van der Waals surface area contributed by atoms with Gasteiger partial charge in [-0.25, -0.2) is 4.57 Å². The van der Waals surface area contributed by atoms with E-state index in [0.717, 1.165) is 38.5 Å². The van der Waals surface area contributed by atoms with Gasteiger partial charge in [-0.1, -0.05) is 174 Å². The van der Waals surface area contributed by atoms with E-state index in [1.54, 1.807) is 12.2 Å². The molecule has 13 nitrogen and oxygen atoms in total. The van der Waals surface area contributed by atoms with Crippen LogP contribution in [0.4, 0.5) is 0 Å². The fourth-order valence-electron chi connectivity index (χ4n) is 8.54. The predicted octanol–water partition coefficient (Wildman–Crippen LogP) is 11.3. The van der Waals surface area contributed by atoms with Crippen LogP contribution in [0, 0.1) is 11.8 Å². The molecule has 0 heterocycles. The van der Waals surface area contributed by atoms with Gasteiger partial charge in [-0.2, -0.15) is 0 Å². The highest BCUT2D eigenvalue weighted by Crippen LogP contribution is 2.43. The number of nitrogens with zero attached hydrogens (tertiary/aromatic N) is 1. The molecule has 0 spiro atoms. The minimum Gasteiger partial charge on any atom is -0.462 e. The number of rotatable bonds is 45. The van der Waals surface area contributed by atoms with Crippen molar-refractivity contribution >= 4 is 25.5 Å². The molecule has 1 saturated carbocycles. The average molecular weight is 961 g/mol. The standard InChI is InChI=1S/C52H98NO12P/c1-6-8-10-11-12-13-14-15-16-17-18-19-20-21-22-23-24-25-26-27-29-35-52(59)65-46(43-64-66(60,61)63-39-38-53(3,4)5)42-62-51(58)34-31-30-33-45(55)40-48-47(49(56)41-50(48)57)37-36-44(54)32-28-9-7-2/h36-37,44,46-50,54,56-57H,6-35,38-43H2,1-5H3/p+1/b37-36+/t44-,46+,47+,48+,49+,50-/m0/s1. The molecule has 1 aliphatic carbocycles. The second-order valence-corrected chi connectivity index (χ2v) is 21.7. The molecule has 0 amide bonds. The number of likely N-dealkylation sites (N-methyl/N-ethyl adjacent to an activating group) is 1. The molecule has 66 heavy (non-hydrogen) atoms. The van der Waals surface area contributed by atoms with Crippen LogP contribution in [-0.2, 0) is 37.5 Å². The Kier molecular flexibility index (Phi) is 36.9. The third-order valence-corrected chi connectivity index (χ3v) is 13.8. The smallest absolute Gasteiger partial charge is 0.462 e. The van der Waals surface area contributed by atoms with Crippen LogP contribution in [0.3, 0.4) is 0 Å². The first-order valence-corrected chi connectivity index (χ1v) is 28.1. The molecule has 0 radical (unpaired) electrons. The molecule has 0 saturated heterocycles. The Morgan fingerprint density at radius 3 is 1.64 bits per heavy atom. The zero-order valence-corrected chi connectivity index (χ0v) is 43.4. The Labute approximate surface area is 401 Å². The van der Waals surface area contributed by atoms with Crippen molar-refractivity contribution in [3.63, 3.8) is 0 Å². The van der Waals surface area contributed by atoms with Crippen LogP contribution in [0.5, 0.6) is 0 Å². The van der Waals surface area contributed by atoms with Crippen LogP contribution in [0.2, 0.25) is 0 Å². The van der Waals surface area contributed by atoms with Crippen molar-refractivity contribution in [2.75, 3.05) is 47.5 Å². The molecular weight excluding hydrogens is 862 g/mol. The van der Waals surface area contributed by atoms with Gasteiger partial charge in [0.2, 0.25) is 0 Å². The molecule has 0 aliphatic heterocycles. The average Bonchev–Trinajstić information content (AvgIpc) is 3.52. The molecule has 7 atom stereocenters. The number of esters is 2. The van der Waals surface area contributed by atoms with Crippen molar-refractivity contribution in [2.24, 2.45) is 11.8 Å². The number of ketones is 1. The van der Waals surface area contributed by atoms with E-state index < -0.39 is 62.6 Å². The third-order valence-electron chi connectivity index (χ3n) is 12.8. The van der Waals surface area contributed by atoms with Crippen molar-refractivity contribution < 1.29 is 62.2 Å². The van der Waals surface area contributed by atoms with E-state index in [2.05, 4.69) is 13.8 Å². The molecule has 0 aromatic carbocycles. The largest absolute Gasteiger partial charge is 0.472 e. The van der Waals surface area contributed by atoms with Gasteiger partial charge in [0.1, 0.15) is 25.5 Å². The highest BCUT2D eigenvalue weighted by molar-refractivity contribution is 7.47. The SMILES string of the molecule is CCCCCCCCCCCCCCCCCCCCCCCC(=O)O[C@H](COC(=O)CCCCC(=O)C[C@@H]1[C@@H](/C=C/[C@@H](O)CCCCC)[C@H](O)C[C@@H]1O)COP(=O)(O)OCC[N+](C)(C)C. The second-order valence-electron chi connectivity index (χ2n) is 20.2. The summed E-state index contributed by atoms with van der Waals surface area (Å²) < 4.78 is 34.3. The number of ether oxygens (including phenoxy) is 2. The lowest BCUT2D eigenvalue weighted by atomic mass is 9.87. The summed E-state index contributed by atoms with van der Waals surface area (Å²) in [6.07, 6.45) is 31.7. The summed E-state index contributed by atoms with van der Waals surface area (Å²) in [5, 5.41) is 31.4.